The minimum Gasteiger partial charge on any atom is -0.396 e. The molecule has 16 heavy (non-hydrogen) atoms. The molecule has 0 aliphatic heterocycles. The fourth-order valence-electron chi connectivity index (χ4n) is 1.36. The first kappa shape index (κ1) is 10.9. The van der Waals surface area contributed by atoms with Crippen molar-refractivity contribution in [1.29, 1.82) is 0 Å². The Morgan fingerprint density at radius 3 is 2.94 bits per heavy atom. The third-order valence-electron chi connectivity index (χ3n) is 2.17. The van der Waals surface area contributed by atoms with E-state index in [0.29, 0.717) is 11.5 Å². The predicted octanol–water partition coefficient (Wildman–Crippen LogP) is 2.32. The van der Waals surface area contributed by atoms with Gasteiger partial charge in [0, 0.05) is 23.1 Å². The Labute approximate surface area is 102 Å². The van der Waals surface area contributed by atoms with Crippen LogP contribution < -0.4 is 11.1 Å². The number of hydrogen-bond donors (Lipinski definition) is 3. The van der Waals surface area contributed by atoms with Crippen molar-refractivity contribution in [2.75, 3.05) is 11.1 Å². The maximum absolute atomic E-state index is 5.84. The van der Waals surface area contributed by atoms with E-state index in [2.05, 4.69) is 36.2 Å². The monoisotopic (exact) mass is 281 g/mol. The van der Waals surface area contributed by atoms with Crippen molar-refractivity contribution in [2.24, 2.45) is 0 Å². The van der Waals surface area contributed by atoms with Crippen LogP contribution in [0.1, 0.15) is 18.8 Å². The first-order valence-corrected chi connectivity index (χ1v) is 5.63. The summed E-state index contributed by atoms with van der Waals surface area (Å²) in [6.07, 6.45) is 5.20. The van der Waals surface area contributed by atoms with E-state index in [-0.39, 0.29) is 6.04 Å². The van der Waals surface area contributed by atoms with E-state index in [1.165, 1.54) is 0 Å². The van der Waals surface area contributed by atoms with Gasteiger partial charge in [0.05, 0.1) is 11.7 Å². The van der Waals surface area contributed by atoms with Gasteiger partial charge in [0.25, 0.3) is 0 Å². The fourth-order valence-corrected chi connectivity index (χ4v) is 1.71. The van der Waals surface area contributed by atoms with E-state index in [1.54, 1.807) is 18.6 Å². The molecule has 4 N–H and O–H groups in total. The minimum absolute atomic E-state index is 0.0333. The average molecular weight is 282 g/mol. The van der Waals surface area contributed by atoms with Crippen LogP contribution in [0.4, 0.5) is 11.5 Å². The van der Waals surface area contributed by atoms with Crippen molar-refractivity contribution >= 4 is 27.4 Å². The first-order valence-electron chi connectivity index (χ1n) is 4.83. The Bertz CT molecular complexity index is 468. The van der Waals surface area contributed by atoms with Gasteiger partial charge in [-0.2, -0.15) is 0 Å². The van der Waals surface area contributed by atoms with Gasteiger partial charge in [-0.25, -0.2) is 9.97 Å². The lowest BCUT2D eigenvalue weighted by Crippen LogP contribution is -2.11. The van der Waals surface area contributed by atoms with E-state index in [1.807, 2.05) is 13.0 Å². The molecule has 6 heteroatoms. The first-order chi connectivity index (χ1) is 7.66. The topological polar surface area (TPSA) is 79.6 Å². The molecular weight excluding hydrogens is 270 g/mol. The van der Waals surface area contributed by atoms with Crippen LogP contribution in [0.3, 0.4) is 0 Å². The van der Waals surface area contributed by atoms with E-state index in [0.717, 1.165) is 10.3 Å². The van der Waals surface area contributed by atoms with Gasteiger partial charge in [0.15, 0.2) is 0 Å². The molecule has 0 saturated heterocycles. The van der Waals surface area contributed by atoms with Crippen LogP contribution in [0.2, 0.25) is 0 Å². The molecular formula is C10H12BrN5. The van der Waals surface area contributed by atoms with Gasteiger partial charge >= 0.3 is 0 Å². The van der Waals surface area contributed by atoms with Crippen LogP contribution >= 0.6 is 15.9 Å². The smallest absolute Gasteiger partial charge is 0.149 e. The highest BCUT2D eigenvalue weighted by molar-refractivity contribution is 9.10. The molecule has 0 saturated carbocycles. The van der Waals surface area contributed by atoms with Crippen molar-refractivity contribution in [3.8, 4) is 0 Å². The molecule has 0 fully saturated rings. The predicted molar refractivity (Wildman–Crippen MR) is 67.0 cm³/mol. The molecule has 0 aliphatic carbocycles. The number of nitrogens with one attached hydrogen (secondary N) is 2. The highest BCUT2D eigenvalue weighted by Gasteiger charge is 2.09. The normalized spacial score (nSPS) is 12.4. The van der Waals surface area contributed by atoms with Crippen molar-refractivity contribution in [2.45, 2.75) is 13.0 Å². The molecule has 0 amide bonds. The van der Waals surface area contributed by atoms with Crippen molar-refractivity contribution in [3.05, 3.63) is 35.0 Å². The van der Waals surface area contributed by atoms with Gasteiger partial charge in [-0.05, 0) is 28.9 Å². The lowest BCUT2D eigenvalue weighted by atomic mass is 10.3. The number of rotatable bonds is 3. The molecule has 84 valence electrons. The largest absolute Gasteiger partial charge is 0.396 e. The van der Waals surface area contributed by atoms with Gasteiger partial charge in [-0.1, -0.05) is 0 Å². The summed E-state index contributed by atoms with van der Waals surface area (Å²) in [5.41, 5.74) is 6.44. The number of nitrogen functional groups attached to an aromatic ring is 1. The zero-order chi connectivity index (χ0) is 11.5. The highest BCUT2D eigenvalue weighted by atomic mass is 79.9. The molecule has 1 unspecified atom stereocenters. The third kappa shape index (κ3) is 2.33. The van der Waals surface area contributed by atoms with Crippen LogP contribution in [-0.4, -0.2) is 15.0 Å². The van der Waals surface area contributed by atoms with E-state index >= 15 is 0 Å². The average Bonchev–Trinajstić information content (AvgIpc) is 2.75. The molecule has 0 aliphatic rings. The Balaban J connectivity index is 2.15. The second-order valence-corrected chi connectivity index (χ2v) is 4.35. The zero-order valence-electron chi connectivity index (χ0n) is 8.74. The summed E-state index contributed by atoms with van der Waals surface area (Å²) in [5.74, 6) is 1.51. The number of nitrogens with zero attached hydrogens (tertiary/aromatic N) is 2. The Kier molecular flexibility index (Phi) is 3.09. The SMILES string of the molecule is CC(Nc1ncc(Br)cc1N)c1ncc[nH]1. The van der Waals surface area contributed by atoms with Crippen LogP contribution in [0, 0.1) is 0 Å². The zero-order valence-corrected chi connectivity index (χ0v) is 10.3. The Morgan fingerprint density at radius 1 is 1.50 bits per heavy atom. The maximum atomic E-state index is 5.84. The lowest BCUT2D eigenvalue weighted by molar-refractivity contribution is 0.804. The standard InChI is InChI=1S/C10H12BrN5/c1-6(9-13-2-3-14-9)16-10-8(12)4-7(11)5-15-10/h2-6H,12H2,1H3,(H,13,14)(H,15,16). The summed E-state index contributed by atoms with van der Waals surface area (Å²) >= 11 is 3.31. The Hall–Kier alpha value is -1.56. The molecule has 2 aromatic heterocycles. The number of halogens is 1. The molecule has 0 radical (unpaired) electrons. The number of anilines is 2. The van der Waals surface area contributed by atoms with Crippen LogP contribution in [0.15, 0.2) is 29.1 Å². The number of aromatic nitrogens is 3. The van der Waals surface area contributed by atoms with Crippen LogP contribution in [0.25, 0.3) is 0 Å². The quantitative estimate of drug-likeness (QED) is 0.807. The minimum atomic E-state index is 0.0333. The highest BCUT2D eigenvalue weighted by Crippen LogP contribution is 2.23. The maximum Gasteiger partial charge on any atom is 0.149 e. The third-order valence-corrected chi connectivity index (χ3v) is 2.60. The van der Waals surface area contributed by atoms with Crippen LogP contribution in [-0.2, 0) is 0 Å². The summed E-state index contributed by atoms with van der Waals surface area (Å²) in [5, 5.41) is 3.19. The summed E-state index contributed by atoms with van der Waals surface area (Å²) in [4.78, 5) is 11.4. The van der Waals surface area contributed by atoms with Gasteiger partial charge < -0.3 is 16.0 Å². The van der Waals surface area contributed by atoms with E-state index in [9.17, 15) is 0 Å². The van der Waals surface area contributed by atoms with Gasteiger partial charge in [-0.15, -0.1) is 0 Å². The van der Waals surface area contributed by atoms with Gasteiger partial charge in [-0.3, -0.25) is 0 Å². The second kappa shape index (κ2) is 4.52. The van der Waals surface area contributed by atoms with Crippen molar-refractivity contribution in [3.63, 3.8) is 0 Å². The lowest BCUT2D eigenvalue weighted by Gasteiger charge is -2.13. The molecule has 1 atom stereocenters. The number of nitrogens with two attached hydrogens (primary N) is 1. The summed E-state index contributed by atoms with van der Waals surface area (Å²) in [6.45, 7) is 1.99. The molecule has 0 aromatic carbocycles. The van der Waals surface area contributed by atoms with Gasteiger partial charge in [0.1, 0.15) is 11.6 Å². The summed E-state index contributed by atoms with van der Waals surface area (Å²) < 4.78 is 0.862. The summed E-state index contributed by atoms with van der Waals surface area (Å²) in [7, 11) is 0. The van der Waals surface area contributed by atoms with E-state index in [4.69, 9.17) is 5.73 Å². The molecule has 5 nitrogen and oxygen atoms in total. The number of hydrogen-bond acceptors (Lipinski definition) is 4. The number of imidazole rings is 1. The number of pyridine rings is 1. The van der Waals surface area contributed by atoms with Gasteiger partial charge in [0.2, 0.25) is 0 Å². The molecule has 2 heterocycles. The fraction of sp³-hybridized carbons (Fsp3) is 0.200. The molecule has 2 rings (SSSR count). The van der Waals surface area contributed by atoms with Crippen LogP contribution in [0.5, 0.6) is 0 Å². The molecule has 0 spiro atoms. The molecule has 0 bridgehead atoms. The second-order valence-electron chi connectivity index (χ2n) is 3.43. The Morgan fingerprint density at radius 2 is 2.31 bits per heavy atom. The number of aromatic amines is 1. The van der Waals surface area contributed by atoms with Crippen molar-refractivity contribution in [1.82, 2.24) is 15.0 Å². The molecule has 2 aromatic rings. The number of H-pyrrole nitrogens is 1. The van der Waals surface area contributed by atoms with Crippen molar-refractivity contribution < 1.29 is 0 Å². The summed E-state index contributed by atoms with van der Waals surface area (Å²) in [6, 6.07) is 1.84. The van der Waals surface area contributed by atoms with E-state index < -0.39 is 0 Å².